The summed E-state index contributed by atoms with van der Waals surface area (Å²) in [4.78, 5) is 44.7. The number of aliphatic carboxylic acids is 5. The number of rotatable bonds is 1. The smallest absolute Gasteiger partial charge is 0.329 e. The van der Waals surface area contributed by atoms with Crippen LogP contribution in [-0.4, -0.2) is 57.6 Å². The fourth-order valence-electron chi connectivity index (χ4n) is 0. The maximum atomic E-state index is 9.12. The molecule has 0 aliphatic carbocycles. The number of carboxylic acid groups (broad SMARTS) is 5. The van der Waals surface area contributed by atoms with Crippen molar-refractivity contribution >= 4 is 29.8 Å². The molecule has 0 saturated carbocycles. The largest absolute Gasteiger partial charge is 0.550 e. The first-order chi connectivity index (χ1) is 9.20. The normalized spacial score (nSPS) is 5.07. The maximum absolute atomic E-state index is 9.12. The van der Waals surface area contributed by atoms with Crippen LogP contribution in [0.25, 0.3) is 0 Å². The molecular formula is C10H36N4O13. The van der Waals surface area contributed by atoms with Gasteiger partial charge in [0.25, 0.3) is 0 Å². The first-order valence-corrected chi connectivity index (χ1v) is 4.73. The van der Waals surface area contributed by atoms with E-state index in [0.29, 0.717) is 0 Å². The van der Waals surface area contributed by atoms with Gasteiger partial charge >= 0.3 is 5.97 Å². The predicted molar refractivity (Wildman–Crippen MR) is 88.6 cm³/mol. The number of aliphatic hydroxyl groups is 1. The molecule has 22 N–H and O–H groups in total. The Bertz CT molecular complexity index is 262. The lowest BCUT2D eigenvalue weighted by atomic mass is 10.8. The number of carbonyl (C=O) groups excluding carboxylic acids is 4. The lowest BCUT2D eigenvalue weighted by Gasteiger charge is -1.77. The Labute approximate surface area is 155 Å². The number of carboxylic acids is 5. The minimum absolute atomic E-state index is 0. The maximum Gasteiger partial charge on any atom is 0.329 e. The Hall–Kier alpha value is -2.93. The summed E-state index contributed by atoms with van der Waals surface area (Å²) >= 11 is 0. The van der Waals surface area contributed by atoms with Crippen molar-refractivity contribution in [3.8, 4) is 0 Å². The molecule has 174 valence electrons. The average molecular weight is 420 g/mol. The highest BCUT2D eigenvalue weighted by Crippen LogP contribution is 1.48. The quantitative estimate of drug-likeness (QED) is 0.231. The van der Waals surface area contributed by atoms with E-state index in [4.69, 9.17) is 54.6 Å². The molecule has 0 aromatic rings. The summed E-state index contributed by atoms with van der Waals surface area (Å²) in [6, 6.07) is 0. The van der Waals surface area contributed by atoms with Gasteiger partial charge < -0.3 is 85.4 Å². The fraction of sp³-hybridized carbons (Fsp3) is 0.500. The van der Waals surface area contributed by atoms with Crippen LogP contribution in [0.4, 0.5) is 0 Å². The lowest BCUT2D eigenvalue weighted by molar-refractivity contribution is -0.303. The minimum atomic E-state index is -1.19. The summed E-state index contributed by atoms with van der Waals surface area (Å²) in [5, 5.41) is 50.6. The van der Waals surface area contributed by atoms with E-state index in [1.807, 2.05) is 0 Å². The van der Waals surface area contributed by atoms with Gasteiger partial charge in [-0.25, -0.2) is 4.79 Å². The topological polar surface area (TPSA) is 427 Å². The van der Waals surface area contributed by atoms with Gasteiger partial charge in [0.15, 0.2) is 0 Å². The number of aliphatic hydroxyl groups excluding tert-OH is 1. The van der Waals surface area contributed by atoms with E-state index < -0.39 is 36.5 Å². The molecule has 17 heteroatoms. The molecule has 0 amide bonds. The number of hydrogen-bond acceptors (Lipinski definition) is 10. The van der Waals surface area contributed by atoms with Crippen LogP contribution in [0.15, 0.2) is 0 Å². The monoisotopic (exact) mass is 420 g/mol. The molecule has 0 heterocycles. The highest BCUT2D eigenvalue weighted by molar-refractivity contribution is 5.67. The van der Waals surface area contributed by atoms with E-state index in [-0.39, 0.29) is 35.6 Å². The Morgan fingerprint density at radius 3 is 0.630 bits per heavy atom. The van der Waals surface area contributed by atoms with E-state index >= 15 is 0 Å². The third-order valence-electron chi connectivity index (χ3n) is 0.135. The zero-order chi connectivity index (χ0) is 18.6. The highest BCUT2D eigenvalue weighted by atomic mass is 16.4. The Morgan fingerprint density at radius 1 is 0.593 bits per heavy atom. The van der Waals surface area contributed by atoms with Gasteiger partial charge in [0, 0.05) is 23.9 Å². The van der Waals surface area contributed by atoms with Crippen molar-refractivity contribution in [2.75, 3.05) is 6.61 Å². The second-order valence-corrected chi connectivity index (χ2v) is 2.52. The fourth-order valence-corrected chi connectivity index (χ4v) is 0. The molecule has 0 bridgehead atoms. The van der Waals surface area contributed by atoms with Gasteiger partial charge in [0.1, 0.15) is 6.61 Å². The number of quaternary nitrogens is 4. The van der Waals surface area contributed by atoms with Gasteiger partial charge in [-0.05, 0) is 27.7 Å². The van der Waals surface area contributed by atoms with Gasteiger partial charge in [-0.15, -0.1) is 0 Å². The van der Waals surface area contributed by atoms with Crippen LogP contribution >= 0.6 is 0 Å². The molecule has 0 spiro atoms. The molecule has 0 aromatic heterocycles. The van der Waals surface area contributed by atoms with Crippen LogP contribution in [0, 0.1) is 0 Å². The van der Waals surface area contributed by atoms with E-state index in [9.17, 15) is 0 Å². The summed E-state index contributed by atoms with van der Waals surface area (Å²) in [6.07, 6.45) is 0. The SMILES string of the molecule is CC(=O)[O-].CC(=O)[O-].CC(=O)[O-].CC(=O)[O-].O.O.O=C(O)CO.[NH4+].[NH4+].[NH4+].[NH4+]. The van der Waals surface area contributed by atoms with E-state index in [0.717, 1.165) is 27.7 Å². The molecule has 0 fully saturated rings. The zero-order valence-corrected chi connectivity index (χ0v) is 16.8. The van der Waals surface area contributed by atoms with Crippen molar-refractivity contribution in [1.29, 1.82) is 0 Å². The summed E-state index contributed by atoms with van der Waals surface area (Å²) in [5.41, 5.74) is 0. The Balaban J connectivity index is -0.0000000125. The first kappa shape index (κ1) is 75.0. The van der Waals surface area contributed by atoms with Gasteiger partial charge in [0.2, 0.25) is 0 Å². The van der Waals surface area contributed by atoms with Crippen LogP contribution in [-0.2, 0) is 24.0 Å². The third kappa shape index (κ3) is 11800. The molecule has 0 aromatic carbocycles. The van der Waals surface area contributed by atoms with Crippen LogP contribution in [0.3, 0.4) is 0 Å². The molecule has 0 aliphatic rings. The summed E-state index contributed by atoms with van der Waals surface area (Å²) < 4.78 is 0. The molecule has 0 atom stereocenters. The number of hydrogen-bond donors (Lipinski definition) is 6. The molecule has 27 heavy (non-hydrogen) atoms. The predicted octanol–water partition coefficient (Wildman–Crippen LogP) is -6.06. The molecule has 0 aliphatic heterocycles. The Kier molecular flexibility index (Phi) is 183. The van der Waals surface area contributed by atoms with Crippen molar-refractivity contribution in [1.82, 2.24) is 24.6 Å². The second-order valence-electron chi connectivity index (χ2n) is 2.52. The zero-order valence-electron chi connectivity index (χ0n) is 16.8. The minimum Gasteiger partial charge on any atom is -0.550 e. The molecule has 0 radical (unpaired) electrons. The van der Waals surface area contributed by atoms with E-state index in [2.05, 4.69) is 0 Å². The van der Waals surface area contributed by atoms with Crippen molar-refractivity contribution in [2.45, 2.75) is 27.7 Å². The standard InChI is InChI=1S/C2H4O3.4C2H4O2.4H3N.2H2O/c3-1-2(4)5;4*1-2(3)4;;;;;;/h3H,1H2,(H,4,5);4*1H3,(H,3,4);4*1H3;2*1H2. The van der Waals surface area contributed by atoms with Crippen molar-refractivity contribution in [3.63, 3.8) is 0 Å². The average Bonchev–Trinajstić information content (AvgIpc) is 2.13. The third-order valence-corrected chi connectivity index (χ3v) is 0.135. The van der Waals surface area contributed by atoms with Crippen molar-refractivity contribution < 1.29 is 65.6 Å². The first-order valence-electron chi connectivity index (χ1n) is 4.73. The number of carbonyl (C=O) groups is 5. The van der Waals surface area contributed by atoms with Crippen LogP contribution in [0.5, 0.6) is 0 Å². The van der Waals surface area contributed by atoms with Crippen molar-refractivity contribution in [3.05, 3.63) is 0 Å². The second kappa shape index (κ2) is 65.8. The molecule has 0 rings (SSSR count). The highest BCUT2D eigenvalue weighted by Gasteiger charge is 1.82. The van der Waals surface area contributed by atoms with Gasteiger partial charge in [-0.2, -0.15) is 0 Å². The van der Waals surface area contributed by atoms with Gasteiger partial charge in [-0.1, -0.05) is 0 Å². The van der Waals surface area contributed by atoms with Crippen LogP contribution in [0.2, 0.25) is 0 Å². The van der Waals surface area contributed by atoms with Crippen LogP contribution in [0.1, 0.15) is 27.7 Å². The summed E-state index contributed by atoms with van der Waals surface area (Å²) in [6.45, 7) is 3.11. The van der Waals surface area contributed by atoms with Crippen molar-refractivity contribution in [2.24, 2.45) is 0 Å². The molecule has 0 saturated heterocycles. The summed E-state index contributed by atoms with van der Waals surface area (Å²) in [7, 11) is 0. The van der Waals surface area contributed by atoms with E-state index in [1.165, 1.54) is 0 Å². The van der Waals surface area contributed by atoms with Gasteiger partial charge in [-0.3, -0.25) is 0 Å². The molecule has 17 nitrogen and oxygen atoms in total. The summed E-state index contributed by atoms with van der Waals surface area (Å²) in [5.74, 6) is -5.52. The lowest BCUT2D eigenvalue weighted by Crippen LogP contribution is -2.16. The Morgan fingerprint density at radius 2 is 0.630 bits per heavy atom. The molecular weight excluding hydrogens is 384 g/mol. The van der Waals surface area contributed by atoms with E-state index in [1.54, 1.807) is 0 Å². The molecule has 0 unspecified atom stereocenters. The van der Waals surface area contributed by atoms with Crippen LogP contribution < -0.4 is 45.0 Å². The van der Waals surface area contributed by atoms with Gasteiger partial charge in [0.05, 0.1) is 0 Å².